The van der Waals surface area contributed by atoms with E-state index in [0.717, 1.165) is 0 Å². The van der Waals surface area contributed by atoms with Crippen molar-refractivity contribution in [3.05, 3.63) is 95.0 Å². The van der Waals surface area contributed by atoms with E-state index in [9.17, 15) is 13.2 Å². The highest BCUT2D eigenvalue weighted by Crippen LogP contribution is 2.15. The summed E-state index contributed by atoms with van der Waals surface area (Å²) in [7, 11) is -3.81. The molecule has 0 aliphatic rings. The second-order valence-corrected chi connectivity index (χ2v) is 8.24. The number of nitrogens with one attached hydrogen (secondary N) is 2. The summed E-state index contributed by atoms with van der Waals surface area (Å²) >= 11 is 5.79. The fourth-order valence-corrected chi connectivity index (χ4v) is 3.46. The highest BCUT2D eigenvalue weighted by atomic mass is 35.5. The van der Waals surface area contributed by atoms with Gasteiger partial charge in [0.05, 0.1) is 10.6 Å². The molecule has 0 radical (unpaired) electrons. The Kier molecular flexibility index (Phi) is 6.31. The van der Waals surface area contributed by atoms with Crippen molar-refractivity contribution in [3.63, 3.8) is 0 Å². The molecule has 0 saturated heterocycles. The molecule has 8 heteroatoms. The number of hydrazone groups is 1. The molecule has 0 fully saturated rings. The van der Waals surface area contributed by atoms with E-state index in [0.29, 0.717) is 27.5 Å². The molecule has 6 nitrogen and oxygen atoms in total. The summed E-state index contributed by atoms with van der Waals surface area (Å²) in [6, 6.07) is 21.6. The van der Waals surface area contributed by atoms with Gasteiger partial charge >= 0.3 is 0 Å². The standard InChI is InChI=1S/C21H18ClN3O3S/c1-15(24-25-29(27,28)20-12-10-18(22)11-13-20)17-8-5-9-19(14-17)23-21(26)16-6-3-2-4-7-16/h2-14,25H,1H3,(H,23,26). The molecule has 3 rings (SSSR count). The molecule has 29 heavy (non-hydrogen) atoms. The highest BCUT2D eigenvalue weighted by molar-refractivity contribution is 7.89. The Labute approximate surface area is 174 Å². The molecule has 0 aliphatic carbocycles. The number of amides is 1. The molecule has 1 amide bonds. The molecule has 148 valence electrons. The number of nitrogens with zero attached hydrogens (tertiary/aromatic N) is 1. The van der Waals surface area contributed by atoms with E-state index in [2.05, 4.69) is 15.2 Å². The quantitative estimate of drug-likeness (QED) is 0.454. The van der Waals surface area contributed by atoms with Crippen LogP contribution in [0.3, 0.4) is 0 Å². The van der Waals surface area contributed by atoms with Crippen LogP contribution in [0.25, 0.3) is 0 Å². The zero-order valence-corrected chi connectivity index (χ0v) is 17.0. The van der Waals surface area contributed by atoms with Crippen molar-refractivity contribution in [2.75, 3.05) is 5.32 Å². The topological polar surface area (TPSA) is 87.6 Å². The molecule has 0 aromatic heterocycles. The minimum Gasteiger partial charge on any atom is -0.322 e. The van der Waals surface area contributed by atoms with E-state index in [4.69, 9.17) is 11.6 Å². The van der Waals surface area contributed by atoms with E-state index in [1.165, 1.54) is 24.3 Å². The molecule has 0 heterocycles. The van der Waals surface area contributed by atoms with Gasteiger partial charge < -0.3 is 5.32 Å². The van der Waals surface area contributed by atoms with Crippen LogP contribution in [0.1, 0.15) is 22.8 Å². The van der Waals surface area contributed by atoms with E-state index >= 15 is 0 Å². The minimum atomic E-state index is -3.81. The van der Waals surface area contributed by atoms with Gasteiger partial charge in [-0.3, -0.25) is 4.79 Å². The number of rotatable bonds is 6. The summed E-state index contributed by atoms with van der Waals surface area (Å²) in [6.45, 7) is 1.67. The van der Waals surface area contributed by atoms with Crippen LogP contribution in [0.5, 0.6) is 0 Å². The van der Waals surface area contributed by atoms with Crippen molar-refractivity contribution in [1.82, 2.24) is 4.83 Å². The molecule has 0 spiro atoms. The number of hydrogen-bond donors (Lipinski definition) is 2. The van der Waals surface area contributed by atoms with Crippen molar-refractivity contribution in [3.8, 4) is 0 Å². The number of sulfonamides is 1. The lowest BCUT2D eigenvalue weighted by molar-refractivity contribution is 0.102. The average Bonchev–Trinajstić information content (AvgIpc) is 2.73. The highest BCUT2D eigenvalue weighted by Gasteiger charge is 2.13. The van der Waals surface area contributed by atoms with Crippen LogP contribution in [0.4, 0.5) is 5.69 Å². The summed E-state index contributed by atoms with van der Waals surface area (Å²) in [5.41, 5.74) is 2.22. The number of carbonyl (C=O) groups excluding carboxylic acids is 1. The van der Waals surface area contributed by atoms with Crippen LogP contribution in [0.2, 0.25) is 5.02 Å². The first kappa shape index (κ1) is 20.6. The minimum absolute atomic E-state index is 0.0577. The summed E-state index contributed by atoms with van der Waals surface area (Å²) < 4.78 is 24.7. The average molecular weight is 428 g/mol. The van der Waals surface area contributed by atoms with Gasteiger partial charge in [0, 0.05) is 16.3 Å². The second-order valence-electron chi connectivity index (χ2n) is 6.15. The maximum absolute atomic E-state index is 12.3. The maximum Gasteiger partial charge on any atom is 0.276 e. The van der Waals surface area contributed by atoms with Crippen LogP contribution >= 0.6 is 11.6 Å². The molecular weight excluding hydrogens is 410 g/mol. The monoisotopic (exact) mass is 427 g/mol. The Hall–Kier alpha value is -3.16. The first-order valence-corrected chi connectivity index (χ1v) is 10.5. The number of carbonyl (C=O) groups is 1. The molecular formula is C21H18ClN3O3S. The van der Waals surface area contributed by atoms with Crippen molar-refractivity contribution in [2.24, 2.45) is 5.10 Å². The summed E-state index contributed by atoms with van der Waals surface area (Å²) in [6.07, 6.45) is 0. The normalized spacial score (nSPS) is 11.7. The van der Waals surface area contributed by atoms with Crippen molar-refractivity contribution >= 4 is 38.9 Å². The van der Waals surface area contributed by atoms with Gasteiger partial charge in [-0.1, -0.05) is 41.9 Å². The largest absolute Gasteiger partial charge is 0.322 e. The molecule has 2 N–H and O–H groups in total. The van der Waals surface area contributed by atoms with Crippen molar-refractivity contribution in [2.45, 2.75) is 11.8 Å². The van der Waals surface area contributed by atoms with Gasteiger partial charge in [-0.15, -0.1) is 0 Å². The Bertz CT molecular complexity index is 1150. The third kappa shape index (κ3) is 5.43. The van der Waals surface area contributed by atoms with Crippen LogP contribution in [-0.4, -0.2) is 20.0 Å². The molecule has 0 aliphatic heterocycles. The maximum atomic E-state index is 12.3. The third-order valence-corrected chi connectivity index (χ3v) is 5.51. The van der Waals surface area contributed by atoms with Gasteiger partial charge in [0.1, 0.15) is 0 Å². The molecule has 3 aromatic carbocycles. The number of halogens is 1. The van der Waals surface area contributed by atoms with Crippen LogP contribution < -0.4 is 10.1 Å². The van der Waals surface area contributed by atoms with Gasteiger partial charge in [0.25, 0.3) is 15.9 Å². The van der Waals surface area contributed by atoms with Crippen LogP contribution in [0, 0.1) is 0 Å². The number of benzene rings is 3. The van der Waals surface area contributed by atoms with Crippen molar-refractivity contribution in [1.29, 1.82) is 0 Å². The Morgan fingerprint density at radius 2 is 1.55 bits per heavy atom. The van der Waals surface area contributed by atoms with Gasteiger partial charge in [-0.05, 0) is 61.0 Å². The van der Waals surface area contributed by atoms with E-state index in [1.807, 2.05) is 6.07 Å². The zero-order chi connectivity index (χ0) is 20.9. The summed E-state index contributed by atoms with van der Waals surface area (Å²) in [5, 5.41) is 7.23. The van der Waals surface area contributed by atoms with Crippen LogP contribution in [-0.2, 0) is 10.0 Å². The smallest absolute Gasteiger partial charge is 0.276 e. The molecule has 0 unspecified atom stereocenters. The third-order valence-electron chi connectivity index (χ3n) is 4.03. The van der Waals surface area contributed by atoms with Gasteiger partial charge in [-0.2, -0.15) is 18.4 Å². The van der Waals surface area contributed by atoms with Gasteiger partial charge in [0.2, 0.25) is 0 Å². The lowest BCUT2D eigenvalue weighted by Crippen LogP contribution is -2.20. The van der Waals surface area contributed by atoms with Gasteiger partial charge in [0.15, 0.2) is 0 Å². The Morgan fingerprint density at radius 3 is 2.24 bits per heavy atom. The fraction of sp³-hybridized carbons (Fsp3) is 0.0476. The molecule has 0 atom stereocenters. The Morgan fingerprint density at radius 1 is 0.897 bits per heavy atom. The molecule has 0 bridgehead atoms. The number of hydrogen-bond acceptors (Lipinski definition) is 4. The first-order valence-electron chi connectivity index (χ1n) is 8.64. The number of anilines is 1. The Balaban J connectivity index is 1.74. The predicted molar refractivity (Wildman–Crippen MR) is 115 cm³/mol. The van der Waals surface area contributed by atoms with E-state index in [-0.39, 0.29) is 10.8 Å². The SMILES string of the molecule is CC(=NNS(=O)(=O)c1ccc(Cl)cc1)c1cccc(NC(=O)c2ccccc2)c1. The molecule has 0 saturated carbocycles. The van der Waals surface area contributed by atoms with E-state index in [1.54, 1.807) is 55.5 Å². The van der Waals surface area contributed by atoms with Crippen LogP contribution in [0.15, 0.2) is 88.9 Å². The lowest BCUT2D eigenvalue weighted by Gasteiger charge is -2.08. The first-order chi connectivity index (χ1) is 13.8. The lowest BCUT2D eigenvalue weighted by atomic mass is 10.1. The summed E-state index contributed by atoms with van der Waals surface area (Å²) in [5.74, 6) is -0.235. The van der Waals surface area contributed by atoms with Gasteiger partial charge in [-0.25, -0.2) is 0 Å². The predicted octanol–water partition coefficient (Wildman–Crippen LogP) is 4.29. The van der Waals surface area contributed by atoms with E-state index < -0.39 is 10.0 Å². The summed E-state index contributed by atoms with van der Waals surface area (Å²) in [4.78, 5) is 14.6. The zero-order valence-electron chi connectivity index (χ0n) is 15.5. The second kappa shape index (κ2) is 8.89. The fourth-order valence-electron chi connectivity index (χ4n) is 2.47. The molecule has 3 aromatic rings. The van der Waals surface area contributed by atoms with Crippen molar-refractivity contribution < 1.29 is 13.2 Å².